The zero-order valence-electron chi connectivity index (χ0n) is 19.4. The first kappa shape index (κ1) is 23.5. The first-order chi connectivity index (χ1) is 17.1. The van der Waals surface area contributed by atoms with Crippen LogP contribution in [-0.2, 0) is 17.8 Å². The van der Waals surface area contributed by atoms with Crippen LogP contribution in [0.2, 0.25) is 5.02 Å². The number of benzene rings is 3. The van der Waals surface area contributed by atoms with E-state index >= 15 is 0 Å². The van der Waals surface area contributed by atoms with Gasteiger partial charge in [0.15, 0.2) is 11.0 Å². The van der Waals surface area contributed by atoms with E-state index in [-0.39, 0.29) is 18.3 Å². The van der Waals surface area contributed by atoms with E-state index in [1.54, 1.807) is 0 Å². The molecule has 0 fully saturated rings. The van der Waals surface area contributed by atoms with Gasteiger partial charge in [-0.2, -0.15) is 0 Å². The van der Waals surface area contributed by atoms with Crippen LogP contribution in [0.4, 0.5) is 5.69 Å². The number of amides is 1. The van der Waals surface area contributed by atoms with E-state index in [2.05, 4.69) is 16.3 Å². The highest BCUT2D eigenvalue weighted by molar-refractivity contribution is 7.99. The number of hydrogen-bond acceptors (Lipinski definition) is 5. The number of halogens is 1. The number of hydrogen-bond donors (Lipinski definition) is 0. The molecule has 1 aromatic heterocycles. The lowest BCUT2D eigenvalue weighted by molar-refractivity contribution is -0.116. The van der Waals surface area contributed by atoms with Crippen LogP contribution in [0.25, 0.3) is 5.69 Å². The second-order valence-corrected chi connectivity index (χ2v) is 9.71. The molecule has 0 saturated heterocycles. The van der Waals surface area contributed by atoms with Crippen molar-refractivity contribution >= 4 is 35.0 Å². The number of fused-ring (bicyclic) bond motifs is 1. The van der Waals surface area contributed by atoms with Crippen molar-refractivity contribution in [3.63, 3.8) is 0 Å². The van der Waals surface area contributed by atoms with E-state index in [9.17, 15) is 4.79 Å². The molecular formula is C27H25ClN4O2S. The highest BCUT2D eigenvalue weighted by Crippen LogP contribution is 2.29. The summed E-state index contributed by atoms with van der Waals surface area (Å²) >= 11 is 7.65. The van der Waals surface area contributed by atoms with Crippen LogP contribution in [-0.4, -0.2) is 33.0 Å². The van der Waals surface area contributed by atoms with Gasteiger partial charge in [-0.3, -0.25) is 9.36 Å². The molecule has 0 saturated carbocycles. The molecule has 4 aromatic rings. The molecule has 3 aromatic carbocycles. The van der Waals surface area contributed by atoms with Crippen molar-refractivity contribution < 1.29 is 9.53 Å². The van der Waals surface area contributed by atoms with Gasteiger partial charge in [-0.15, -0.1) is 10.2 Å². The maximum Gasteiger partial charge on any atom is 0.237 e. The lowest BCUT2D eigenvalue weighted by Crippen LogP contribution is -2.36. The summed E-state index contributed by atoms with van der Waals surface area (Å²) in [5, 5.41) is 10.0. The van der Waals surface area contributed by atoms with Crippen LogP contribution in [0.3, 0.4) is 0 Å². The van der Waals surface area contributed by atoms with Gasteiger partial charge in [-0.1, -0.05) is 65.8 Å². The average molecular weight is 505 g/mol. The summed E-state index contributed by atoms with van der Waals surface area (Å²) in [6.07, 6.45) is 1.97. The second-order valence-electron chi connectivity index (χ2n) is 8.33. The van der Waals surface area contributed by atoms with Gasteiger partial charge in [0.25, 0.3) is 0 Å². The molecule has 8 heteroatoms. The number of aromatic nitrogens is 3. The Balaban J connectivity index is 1.38. The Morgan fingerprint density at radius 3 is 2.74 bits per heavy atom. The van der Waals surface area contributed by atoms with Gasteiger partial charge in [-0.05, 0) is 61.2 Å². The van der Waals surface area contributed by atoms with Crippen molar-refractivity contribution in [1.82, 2.24) is 14.8 Å². The van der Waals surface area contributed by atoms with Crippen LogP contribution in [0.5, 0.6) is 5.75 Å². The summed E-state index contributed by atoms with van der Waals surface area (Å²) in [7, 11) is 0. The molecule has 0 atom stereocenters. The molecule has 0 N–H and O–H groups in total. The number of anilines is 1. The molecule has 5 rings (SSSR count). The lowest BCUT2D eigenvalue weighted by Gasteiger charge is -2.29. The first-order valence-corrected chi connectivity index (χ1v) is 12.9. The van der Waals surface area contributed by atoms with E-state index in [1.165, 1.54) is 17.3 Å². The molecule has 0 bridgehead atoms. The highest BCUT2D eigenvalue weighted by atomic mass is 35.5. The zero-order valence-corrected chi connectivity index (χ0v) is 20.9. The molecule has 35 heavy (non-hydrogen) atoms. The van der Waals surface area contributed by atoms with Crippen LogP contribution >= 0.6 is 23.4 Å². The Morgan fingerprint density at radius 2 is 1.89 bits per heavy atom. The van der Waals surface area contributed by atoms with Crippen molar-refractivity contribution in [3.8, 4) is 11.4 Å². The fourth-order valence-electron chi connectivity index (χ4n) is 4.22. The summed E-state index contributed by atoms with van der Waals surface area (Å²) in [5.41, 5.74) is 4.09. The van der Waals surface area contributed by atoms with Gasteiger partial charge < -0.3 is 9.64 Å². The van der Waals surface area contributed by atoms with Crippen molar-refractivity contribution in [2.75, 3.05) is 17.2 Å². The topological polar surface area (TPSA) is 60.3 Å². The Kier molecular flexibility index (Phi) is 7.06. The highest BCUT2D eigenvalue weighted by Gasteiger charge is 2.24. The summed E-state index contributed by atoms with van der Waals surface area (Å²) in [5.74, 6) is 1.74. The summed E-state index contributed by atoms with van der Waals surface area (Å²) in [6, 6.07) is 23.5. The summed E-state index contributed by atoms with van der Waals surface area (Å²) < 4.78 is 7.96. The van der Waals surface area contributed by atoms with E-state index < -0.39 is 0 Å². The molecule has 1 aliphatic rings. The number of thioether (sulfide) groups is 1. The zero-order chi connectivity index (χ0) is 24.2. The molecule has 1 aliphatic heterocycles. The number of carbonyl (C=O) groups excluding carboxylic acids is 1. The Morgan fingerprint density at radius 1 is 1.06 bits per heavy atom. The normalized spacial score (nSPS) is 12.9. The summed E-state index contributed by atoms with van der Waals surface area (Å²) in [6.45, 7) is 2.97. The minimum Gasteiger partial charge on any atom is -0.485 e. The molecule has 6 nitrogen and oxygen atoms in total. The Bertz CT molecular complexity index is 1360. The van der Waals surface area contributed by atoms with Crippen molar-refractivity contribution in [2.45, 2.75) is 31.5 Å². The number of rotatable bonds is 7. The minimum atomic E-state index is 0.0560. The van der Waals surface area contributed by atoms with Crippen molar-refractivity contribution in [2.24, 2.45) is 0 Å². The van der Waals surface area contributed by atoms with Gasteiger partial charge in [0.2, 0.25) is 5.91 Å². The van der Waals surface area contributed by atoms with Crippen LogP contribution in [0.1, 0.15) is 23.4 Å². The van der Waals surface area contributed by atoms with Gasteiger partial charge in [0.1, 0.15) is 12.4 Å². The molecule has 0 unspecified atom stereocenters. The fourth-order valence-corrected chi connectivity index (χ4v) is 5.25. The van der Waals surface area contributed by atoms with Gasteiger partial charge in [0, 0.05) is 17.3 Å². The quantitative estimate of drug-likeness (QED) is 0.294. The maximum absolute atomic E-state index is 13.2. The average Bonchev–Trinajstić information content (AvgIpc) is 3.29. The predicted molar refractivity (Wildman–Crippen MR) is 140 cm³/mol. The molecule has 2 heterocycles. The third-order valence-corrected chi connectivity index (χ3v) is 7.10. The van der Waals surface area contributed by atoms with Crippen molar-refractivity contribution in [1.29, 1.82) is 0 Å². The van der Waals surface area contributed by atoms with Gasteiger partial charge >= 0.3 is 0 Å². The number of ether oxygens (including phenoxy) is 1. The predicted octanol–water partition coefficient (Wildman–Crippen LogP) is 5.88. The molecule has 0 spiro atoms. The molecule has 1 amide bonds. The van der Waals surface area contributed by atoms with Crippen LogP contribution in [0, 0.1) is 6.92 Å². The van der Waals surface area contributed by atoms with Crippen LogP contribution < -0.4 is 9.64 Å². The van der Waals surface area contributed by atoms with E-state index in [1.807, 2.05) is 83.1 Å². The minimum absolute atomic E-state index is 0.0560. The largest absolute Gasteiger partial charge is 0.485 e. The van der Waals surface area contributed by atoms with Crippen molar-refractivity contribution in [3.05, 3.63) is 94.8 Å². The first-order valence-electron chi connectivity index (χ1n) is 11.5. The van der Waals surface area contributed by atoms with Gasteiger partial charge in [-0.25, -0.2) is 0 Å². The Hall–Kier alpha value is -3.29. The lowest BCUT2D eigenvalue weighted by atomic mass is 10.0. The molecule has 0 radical (unpaired) electrons. The molecular weight excluding hydrogens is 480 g/mol. The van der Waals surface area contributed by atoms with E-state index in [4.69, 9.17) is 16.3 Å². The summed E-state index contributed by atoms with van der Waals surface area (Å²) in [4.78, 5) is 15.1. The molecule has 178 valence electrons. The SMILES string of the molecule is Cc1ccccc1OCc1nnc(SCC(=O)N2CCCc3ccccc32)n1-c1cccc(Cl)c1. The Labute approximate surface area is 213 Å². The fraction of sp³-hybridized carbons (Fsp3) is 0.222. The number of aryl methyl sites for hydroxylation is 2. The number of nitrogens with zero attached hydrogens (tertiary/aromatic N) is 4. The van der Waals surface area contributed by atoms with E-state index in [0.29, 0.717) is 16.0 Å². The van der Waals surface area contributed by atoms with Crippen LogP contribution in [0.15, 0.2) is 78.0 Å². The standard InChI is InChI=1S/C27H25ClN4O2S/c1-19-8-2-5-14-24(19)34-17-25-29-30-27(32(25)22-12-6-11-21(28)16-22)35-18-26(33)31-15-7-10-20-9-3-4-13-23(20)31/h2-6,8-9,11-14,16H,7,10,15,17-18H2,1H3. The molecule has 0 aliphatic carbocycles. The number of carbonyl (C=O) groups is 1. The van der Waals surface area contributed by atoms with E-state index in [0.717, 1.165) is 42.1 Å². The number of para-hydroxylation sites is 2. The third kappa shape index (κ3) is 5.21. The maximum atomic E-state index is 13.2. The van der Waals surface area contributed by atoms with Gasteiger partial charge in [0.05, 0.1) is 11.4 Å². The second kappa shape index (κ2) is 10.5. The monoisotopic (exact) mass is 504 g/mol. The third-order valence-electron chi connectivity index (χ3n) is 5.95. The smallest absolute Gasteiger partial charge is 0.237 e.